The van der Waals surface area contributed by atoms with Gasteiger partial charge >= 0.3 is 0 Å². The molecule has 24 heavy (non-hydrogen) atoms. The molecular formula is C18H23N3O3. The van der Waals surface area contributed by atoms with Crippen LogP contribution in [0.4, 0.5) is 0 Å². The van der Waals surface area contributed by atoms with Crippen molar-refractivity contribution in [3.05, 3.63) is 36.2 Å². The molecule has 0 bridgehead atoms. The summed E-state index contributed by atoms with van der Waals surface area (Å²) >= 11 is 0. The van der Waals surface area contributed by atoms with Gasteiger partial charge in [-0.1, -0.05) is 35.5 Å². The van der Waals surface area contributed by atoms with Crippen molar-refractivity contribution >= 4 is 5.91 Å². The van der Waals surface area contributed by atoms with Crippen LogP contribution in [0.15, 0.2) is 34.9 Å². The second-order valence-electron chi connectivity index (χ2n) is 6.74. The van der Waals surface area contributed by atoms with E-state index in [9.17, 15) is 4.79 Å². The quantitative estimate of drug-likeness (QED) is 0.912. The van der Waals surface area contributed by atoms with Gasteiger partial charge in [-0.25, -0.2) is 0 Å². The van der Waals surface area contributed by atoms with E-state index in [4.69, 9.17) is 9.26 Å². The van der Waals surface area contributed by atoms with E-state index in [-0.39, 0.29) is 17.6 Å². The van der Waals surface area contributed by atoms with Gasteiger partial charge in [0.05, 0.1) is 5.60 Å². The van der Waals surface area contributed by atoms with Crippen LogP contribution >= 0.6 is 0 Å². The van der Waals surface area contributed by atoms with Crippen LogP contribution in [0.1, 0.15) is 39.0 Å². The van der Waals surface area contributed by atoms with Gasteiger partial charge in [0.25, 0.3) is 0 Å². The van der Waals surface area contributed by atoms with E-state index in [2.05, 4.69) is 29.3 Å². The van der Waals surface area contributed by atoms with Crippen LogP contribution in [0.2, 0.25) is 0 Å². The molecule has 1 aliphatic heterocycles. The predicted molar refractivity (Wildman–Crippen MR) is 89.3 cm³/mol. The molecule has 0 unspecified atom stereocenters. The lowest BCUT2D eigenvalue weighted by Crippen LogP contribution is -2.45. The Hall–Kier alpha value is -2.21. The second-order valence-corrected chi connectivity index (χ2v) is 6.74. The molecule has 1 atom stereocenters. The highest BCUT2D eigenvalue weighted by molar-refractivity contribution is 5.76. The van der Waals surface area contributed by atoms with Crippen LogP contribution in [0.3, 0.4) is 0 Å². The molecule has 2 heterocycles. The Balaban J connectivity index is 1.49. The molecule has 0 radical (unpaired) electrons. The Morgan fingerprint density at radius 2 is 2.12 bits per heavy atom. The lowest BCUT2D eigenvalue weighted by Gasteiger charge is -2.35. The monoisotopic (exact) mass is 329 g/mol. The molecule has 2 aromatic rings. The van der Waals surface area contributed by atoms with Crippen molar-refractivity contribution in [2.24, 2.45) is 0 Å². The molecule has 0 aliphatic carbocycles. The Bertz CT molecular complexity index is 682. The maximum absolute atomic E-state index is 12.1. The van der Waals surface area contributed by atoms with Crippen molar-refractivity contribution in [3.63, 3.8) is 0 Å². The number of hydrogen-bond acceptors (Lipinski definition) is 5. The van der Waals surface area contributed by atoms with Crippen molar-refractivity contribution in [1.29, 1.82) is 0 Å². The number of aryl methyl sites for hydroxylation is 1. The van der Waals surface area contributed by atoms with Gasteiger partial charge in [-0.3, -0.25) is 4.79 Å². The SMILES string of the molecule is CC1(C)C[C@H](NC(=O)CCc2nc(-c3ccccc3)no2)CCO1. The standard InChI is InChI=1S/C18H23N3O3/c1-18(2)12-14(10-11-23-18)19-15(22)8-9-16-20-17(21-24-16)13-6-4-3-5-7-13/h3-7,14H,8-12H2,1-2H3,(H,19,22)/t14-/m1/s1. The average molecular weight is 329 g/mol. The van der Waals surface area contributed by atoms with E-state index in [1.165, 1.54) is 0 Å². The molecule has 3 rings (SSSR count). The normalized spacial score (nSPS) is 19.8. The number of carbonyl (C=O) groups is 1. The Morgan fingerprint density at radius 3 is 2.88 bits per heavy atom. The van der Waals surface area contributed by atoms with Gasteiger partial charge in [-0.15, -0.1) is 0 Å². The molecule has 1 N–H and O–H groups in total. The highest BCUT2D eigenvalue weighted by Gasteiger charge is 2.29. The van der Waals surface area contributed by atoms with Crippen LogP contribution < -0.4 is 5.32 Å². The summed E-state index contributed by atoms with van der Waals surface area (Å²) in [4.78, 5) is 16.5. The summed E-state index contributed by atoms with van der Waals surface area (Å²) in [6.07, 6.45) is 2.47. The maximum Gasteiger partial charge on any atom is 0.227 e. The summed E-state index contributed by atoms with van der Waals surface area (Å²) in [6.45, 7) is 4.78. The molecule has 1 saturated heterocycles. The maximum atomic E-state index is 12.1. The number of nitrogens with zero attached hydrogens (tertiary/aromatic N) is 2. The summed E-state index contributed by atoms with van der Waals surface area (Å²) in [6, 6.07) is 9.81. The van der Waals surface area contributed by atoms with Gasteiger partial charge in [0.15, 0.2) is 0 Å². The Kier molecular flexibility index (Phi) is 4.94. The lowest BCUT2D eigenvalue weighted by atomic mass is 9.94. The summed E-state index contributed by atoms with van der Waals surface area (Å²) in [5.41, 5.74) is 0.731. The fraction of sp³-hybridized carbons (Fsp3) is 0.500. The second kappa shape index (κ2) is 7.13. The van der Waals surface area contributed by atoms with Crippen LogP contribution in [0.5, 0.6) is 0 Å². The number of amides is 1. The largest absolute Gasteiger partial charge is 0.375 e. The average Bonchev–Trinajstić information content (AvgIpc) is 3.02. The molecule has 1 aromatic carbocycles. The molecule has 0 spiro atoms. The zero-order chi connectivity index (χ0) is 17.0. The van der Waals surface area contributed by atoms with Crippen LogP contribution in [0, 0.1) is 0 Å². The van der Waals surface area contributed by atoms with Crippen molar-refractivity contribution < 1.29 is 14.1 Å². The van der Waals surface area contributed by atoms with Gasteiger partial charge < -0.3 is 14.6 Å². The zero-order valence-corrected chi connectivity index (χ0v) is 14.1. The minimum Gasteiger partial charge on any atom is -0.375 e. The molecule has 6 nitrogen and oxygen atoms in total. The number of nitrogens with one attached hydrogen (secondary N) is 1. The van der Waals surface area contributed by atoms with E-state index in [1.54, 1.807) is 0 Å². The molecule has 0 saturated carbocycles. The topological polar surface area (TPSA) is 77.3 Å². The van der Waals surface area contributed by atoms with Crippen molar-refractivity contribution in [3.8, 4) is 11.4 Å². The van der Waals surface area contributed by atoms with E-state index in [0.717, 1.165) is 18.4 Å². The summed E-state index contributed by atoms with van der Waals surface area (Å²) in [5, 5.41) is 7.04. The minimum atomic E-state index is -0.173. The van der Waals surface area contributed by atoms with Crippen LogP contribution in [-0.4, -0.2) is 34.3 Å². The van der Waals surface area contributed by atoms with Crippen LogP contribution in [0.25, 0.3) is 11.4 Å². The highest BCUT2D eigenvalue weighted by Crippen LogP contribution is 2.24. The fourth-order valence-electron chi connectivity index (χ4n) is 2.94. The molecule has 6 heteroatoms. The predicted octanol–water partition coefficient (Wildman–Crippen LogP) is 2.74. The van der Waals surface area contributed by atoms with E-state index in [1.807, 2.05) is 30.3 Å². The third-order valence-corrected chi connectivity index (χ3v) is 4.13. The first kappa shape index (κ1) is 16.6. The first-order valence-electron chi connectivity index (χ1n) is 8.33. The van der Waals surface area contributed by atoms with Gasteiger partial charge in [-0.2, -0.15) is 4.98 Å². The lowest BCUT2D eigenvalue weighted by molar-refractivity contribution is -0.124. The third kappa shape index (κ3) is 4.41. The number of hydrogen-bond donors (Lipinski definition) is 1. The van der Waals surface area contributed by atoms with E-state index in [0.29, 0.717) is 31.2 Å². The van der Waals surface area contributed by atoms with Gasteiger partial charge in [0.2, 0.25) is 17.6 Å². The number of ether oxygens (including phenoxy) is 1. The number of rotatable bonds is 5. The Morgan fingerprint density at radius 1 is 1.33 bits per heavy atom. The van der Waals surface area contributed by atoms with E-state index >= 15 is 0 Å². The first-order chi connectivity index (χ1) is 11.5. The highest BCUT2D eigenvalue weighted by atomic mass is 16.5. The number of aromatic nitrogens is 2. The smallest absolute Gasteiger partial charge is 0.227 e. The fourth-order valence-corrected chi connectivity index (χ4v) is 2.94. The van der Waals surface area contributed by atoms with Crippen LogP contribution in [-0.2, 0) is 16.0 Å². The number of carbonyl (C=O) groups excluding carboxylic acids is 1. The summed E-state index contributed by atoms with van der Waals surface area (Å²) in [7, 11) is 0. The van der Waals surface area contributed by atoms with Crippen molar-refractivity contribution in [2.45, 2.75) is 51.2 Å². The molecule has 1 aromatic heterocycles. The van der Waals surface area contributed by atoms with Gasteiger partial charge in [0, 0.05) is 31.1 Å². The molecule has 128 valence electrons. The van der Waals surface area contributed by atoms with E-state index < -0.39 is 0 Å². The zero-order valence-electron chi connectivity index (χ0n) is 14.1. The summed E-state index contributed by atoms with van der Waals surface area (Å²) in [5.74, 6) is 1.05. The molecule has 1 fully saturated rings. The van der Waals surface area contributed by atoms with Crippen molar-refractivity contribution in [2.75, 3.05) is 6.61 Å². The first-order valence-corrected chi connectivity index (χ1v) is 8.33. The summed E-state index contributed by atoms with van der Waals surface area (Å²) < 4.78 is 10.9. The van der Waals surface area contributed by atoms with Crippen molar-refractivity contribution in [1.82, 2.24) is 15.5 Å². The van der Waals surface area contributed by atoms with Gasteiger partial charge in [0.1, 0.15) is 0 Å². The minimum absolute atomic E-state index is 0.0113. The Labute approximate surface area is 141 Å². The third-order valence-electron chi connectivity index (χ3n) is 4.13. The molecule has 1 aliphatic rings. The van der Waals surface area contributed by atoms with Gasteiger partial charge in [-0.05, 0) is 26.7 Å². The molecule has 1 amide bonds. The number of benzene rings is 1. The molecular weight excluding hydrogens is 306 g/mol.